The summed E-state index contributed by atoms with van der Waals surface area (Å²) in [5.41, 5.74) is -3.61. The van der Waals surface area contributed by atoms with Crippen LogP contribution in [0.4, 0.5) is 61.6 Å². The first-order valence-corrected chi connectivity index (χ1v) is 14.1. The molecule has 1 N–H and O–H groups in total. The molecular weight excluding hydrogens is 633 g/mol. The van der Waals surface area contributed by atoms with Crippen LogP contribution < -0.4 is 15.1 Å². The molecule has 0 spiro atoms. The summed E-state index contributed by atoms with van der Waals surface area (Å²) >= 11 is 0. The van der Waals surface area contributed by atoms with Crippen molar-refractivity contribution < 1.29 is 49.0 Å². The number of nitrogens with zero attached hydrogens (tertiary/aromatic N) is 4. The van der Waals surface area contributed by atoms with E-state index in [9.17, 15) is 44.3 Å². The van der Waals surface area contributed by atoms with E-state index in [0.717, 1.165) is 12.1 Å². The molecule has 0 saturated heterocycles. The first-order valence-electron chi connectivity index (χ1n) is 14.1. The number of rotatable bonds is 7. The molecule has 250 valence electrons. The number of aromatic nitrogens is 2. The summed E-state index contributed by atoms with van der Waals surface area (Å²) in [6.07, 6.45) is -14.2. The molecule has 2 aromatic carbocycles. The van der Waals surface area contributed by atoms with Crippen LogP contribution >= 0.6 is 0 Å². The normalized spacial score (nSPS) is 17.0. The SMILES string of the molecule is CCOC(=O)N1c2ccc(C(F)(F)F)cc2[C@@H](Nc2ncc(N(C)C)c(Cc3cc(C(F)(F)F)cc(C(F)(F)F)c3)n2)C[C@H]1CC. The smallest absolute Gasteiger partial charge is 0.416 e. The van der Waals surface area contributed by atoms with E-state index in [4.69, 9.17) is 4.74 Å². The number of carbonyl (C=O) groups is 1. The predicted molar refractivity (Wildman–Crippen MR) is 152 cm³/mol. The van der Waals surface area contributed by atoms with E-state index < -0.39 is 59.8 Å². The Morgan fingerprint density at radius 1 is 0.935 bits per heavy atom. The molecule has 1 aromatic heterocycles. The van der Waals surface area contributed by atoms with Gasteiger partial charge in [0.15, 0.2) is 0 Å². The average molecular weight is 664 g/mol. The Hall–Kier alpha value is -4.24. The highest BCUT2D eigenvalue weighted by Crippen LogP contribution is 2.43. The van der Waals surface area contributed by atoms with Crippen LogP contribution in [0.2, 0.25) is 0 Å². The van der Waals surface area contributed by atoms with Crippen LogP contribution in [0.5, 0.6) is 0 Å². The predicted octanol–water partition coefficient (Wildman–Crippen LogP) is 8.49. The van der Waals surface area contributed by atoms with Gasteiger partial charge in [-0.2, -0.15) is 39.5 Å². The maximum atomic E-state index is 13.7. The molecule has 2 heterocycles. The number of anilines is 3. The number of alkyl halides is 9. The molecule has 2 atom stereocenters. The minimum Gasteiger partial charge on any atom is -0.449 e. The summed E-state index contributed by atoms with van der Waals surface area (Å²) in [6, 6.07) is 2.81. The summed E-state index contributed by atoms with van der Waals surface area (Å²) in [5.74, 6) is -0.128. The maximum absolute atomic E-state index is 13.7. The summed E-state index contributed by atoms with van der Waals surface area (Å²) in [5, 5.41) is 2.99. The average Bonchev–Trinajstić information content (AvgIpc) is 2.95. The minimum atomic E-state index is -5.05. The van der Waals surface area contributed by atoms with Gasteiger partial charge in [0, 0.05) is 26.6 Å². The fourth-order valence-corrected chi connectivity index (χ4v) is 5.31. The van der Waals surface area contributed by atoms with E-state index in [1.54, 1.807) is 27.9 Å². The van der Waals surface area contributed by atoms with Gasteiger partial charge >= 0.3 is 24.6 Å². The molecule has 46 heavy (non-hydrogen) atoms. The Morgan fingerprint density at radius 3 is 2.07 bits per heavy atom. The lowest BCUT2D eigenvalue weighted by molar-refractivity contribution is -0.143. The molecule has 0 aliphatic carbocycles. The monoisotopic (exact) mass is 663 g/mol. The molecule has 7 nitrogen and oxygen atoms in total. The summed E-state index contributed by atoms with van der Waals surface area (Å²) in [4.78, 5) is 24.3. The summed E-state index contributed by atoms with van der Waals surface area (Å²) < 4.78 is 127. The zero-order valence-corrected chi connectivity index (χ0v) is 25.0. The number of hydrogen-bond acceptors (Lipinski definition) is 6. The van der Waals surface area contributed by atoms with E-state index in [0.29, 0.717) is 24.2 Å². The first kappa shape index (κ1) is 34.6. The third kappa shape index (κ3) is 7.58. The van der Waals surface area contributed by atoms with E-state index >= 15 is 0 Å². The molecule has 0 radical (unpaired) electrons. The van der Waals surface area contributed by atoms with Gasteiger partial charge in [-0.15, -0.1) is 0 Å². The Morgan fingerprint density at radius 2 is 1.54 bits per heavy atom. The van der Waals surface area contributed by atoms with Gasteiger partial charge in [0.25, 0.3) is 0 Å². The fourth-order valence-electron chi connectivity index (χ4n) is 5.31. The molecule has 1 aliphatic heterocycles. The van der Waals surface area contributed by atoms with Gasteiger partial charge < -0.3 is 15.0 Å². The molecule has 0 saturated carbocycles. The molecular formula is C30H30F9N5O2. The topological polar surface area (TPSA) is 70.6 Å². The van der Waals surface area contributed by atoms with Crippen molar-refractivity contribution in [2.75, 3.05) is 35.8 Å². The van der Waals surface area contributed by atoms with Crippen molar-refractivity contribution in [3.8, 4) is 0 Å². The molecule has 0 fully saturated rings. The summed E-state index contributed by atoms with van der Waals surface area (Å²) in [6.45, 7) is 3.42. The van der Waals surface area contributed by atoms with Gasteiger partial charge in [-0.3, -0.25) is 4.90 Å². The lowest BCUT2D eigenvalue weighted by Gasteiger charge is -2.40. The van der Waals surface area contributed by atoms with Crippen molar-refractivity contribution >= 4 is 23.4 Å². The van der Waals surface area contributed by atoms with Gasteiger partial charge in [0.2, 0.25) is 5.95 Å². The van der Waals surface area contributed by atoms with Crippen LogP contribution in [0.25, 0.3) is 0 Å². The zero-order chi connectivity index (χ0) is 34.2. The fraction of sp³-hybridized carbons (Fsp3) is 0.433. The van der Waals surface area contributed by atoms with E-state index in [1.807, 2.05) is 0 Å². The standard InChI is InChI=1S/C30H30F9N5O2/c1-5-20-14-22(21-13-17(28(31,32)33)7-8-24(21)44(20)27(45)46-6-2)41-26-40-15-25(43(3)4)23(42-26)11-16-9-18(29(34,35)36)12-19(10-16)30(37,38)39/h7-10,12-13,15,20,22H,5-6,11,14H2,1-4H3,(H,40,41,42)/t20-,22+/m1/s1. The number of ether oxygens (including phenoxy) is 1. The number of carbonyl (C=O) groups excluding carboxylic acids is 1. The van der Waals surface area contributed by atoms with Crippen molar-refractivity contribution in [3.05, 3.63) is 76.1 Å². The van der Waals surface area contributed by atoms with Crippen LogP contribution in [0.3, 0.4) is 0 Å². The molecule has 16 heteroatoms. The lowest BCUT2D eigenvalue weighted by atomic mass is 9.89. The molecule has 3 aromatic rings. The molecule has 1 aliphatic rings. The van der Waals surface area contributed by atoms with Gasteiger partial charge in [-0.05, 0) is 67.3 Å². The third-order valence-corrected chi connectivity index (χ3v) is 7.45. The molecule has 4 rings (SSSR count). The molecule has 0 unspecified atom stereocenters. The van der Waals surface area contributed by atoms with Crippen LogP contribution in [0.1, 0.15) is 66.2 Å². The maximum Gasteiger partial charge on any atom is 0.416 e. The number of hydrogen-bond donors (Lipinski definition) is 1. The lowest BCUT2D eigenvalue weighted by Crippen LogP contribution is -2.46. The second-order valence-electron chi connectivity index (χ2n) is 10.8. The number of amides is 1. The number of halogens is 9. The Kier molecular flexibility index (Phi) is 9.69. The first-order chi connectivity index (χ1) is 21.3. The minimum absolute atomic E-state index is 0.0305. The van der Waals surface area contributed by atoms with Gasteiger partial charge in [0.05, 0.1) is 52.6 Å². The highest BCUT2D eigenvalue weighted by molar-refractivity contribution is 5.90. The van der Waals surface area contributed by atoms with Crippen LogP contribution in [-0.2, 0) is 29.7 Å². The van der Waals surface area contributed by atoms with Gasteiger partial charge in [-0.25, -0.2) is 14.8 Å². The van der Waals surface area contributed by atoms with Crippen LogP contribution in [-0.4, -0.2) is 42.8 Å². The van der Waals surface area contributed by atoms with E-state index in [1.165, 1.54) is 22.1 Å². The number of nitrogens with one attached hydrogen (secondary N) is 1. The molecule has 1 amide bonds. The van der Waals surface area contributed by atoms with Crippen LogP contribution in [0.15, 0.2) is 42.6 Å². The number of benzene rings is 2. The van der Waals surface area contributed by atoms with Crippen molar-refractivity contribution in [1.82, 2.24) is 9.97 Å². The summed E-state index contributed by atoms with van der Waals surface area (Å²) in [7, 11) is 3.16. The van der Waals surface area contributed by atoms with Gasteiger partial charge in [-0.1, -0.05) is 6.92 Å². The van der Waals surface area contributed by atoms with Crippen molar-refractivity contribution in [2.24, 2.45) is 0 Å². The van der Waals surface area contributed by atoms with Crippen molar-refractivity contribution in [2.45, 2.75) is 63.7 Å². The van der Waals surface area contributed by atoms with E-state index in [2.05, 4.69) is 15.3 Å². The second kappa shape index (κ2) is 12.9. The highest BCUT2D eigenvalue weighted by Gasteiger charge is 2.40. The Balaban J connectivity index is 1.78. The third-order valence-electron chi connectivity index (χ3n) is 7.45. The molecule has 0 bridgehead atoms. The van der Waals surface area contributed by atoms with Gasteiger partial charge in [0.1, 0.15) is 0 Å². The Labute approximate surface area is 258 Å². The van der Waals surface area contributed by atoms with E-state index in [-0.39, 0.29) is 47.6 Å². The van der Waals surface area contributed by atoms with Crippen molar-refractivity contribution in [1.29, 1.82) is 0 Å². The largest absolute Gasteiger partial charge is 0.449 e. The zero-order valence-electron chi connectivity index (χ0n) is 25.0. The second-order valence-corrected chi connectivity index (χ2v) is 10.8. The highest BCUT2D eigenvalue weighted by atomic mass is 19.4. The quantitative estimate of drug-likeness (QED) is 0.256. The number of fused-ring (bicyclic) bond motifs is 1. The van der Waals surface area contributed by atoms with Crippen molar-refractivity contribution in [3.63, 3.8) is 0 Å². The Bertz CT molecular complexity index is 1540. The van der Waals surface area contributed by atoms with Crippen LogP contribution in [0, 0.1) is 0 Å².